The third-order valence-electron chi connectivity index (χ3n) is 6.00. The Balaban J connectivity index is 1.94. The number of fused-ring (bicyclic) bond motifs is 1. The van der Waals surface area contributed by atoms with E-state index in [1.54, 1.807) is 13.2 Å². The fourth-order valence-corrected chi connectivity index (χ4v) is 4.24. The first kappa shape index (κ1) is 22.8. The van der Waals surface area contributed by atoms with Crippen LogP contribution in [0.25, 0.3) is 10.2 Å². The van der Waals surface area contributed by atoms with E-state index in [9.17, 15) is 4.79 Å². The number of ether oxygens (including phenoxy) is 3. The standard InChI is InChI=1S/C21H33NO5S/c1-6-20(7-2,24-5)12-14-26-21(8-3,9-4)11-13-25-19-22-17-16(10-15-28-17)18(23)27-19/h10,15H,6-9,11-14H2,1-5H3. The Labute approximate surface area is 171 Å². The monoisotopic (exact) mass is 411 g/mol. The molecule has 0 unspecified atom stereocenters. The zero-order chi connectivity index (χ0) is 20.6. The van der Waals surface area contributed by atoms with Crippen LogP contribution in [0.2, 0.25) is 0 Å². The van der Waals surface area contributed by atoms with Gasteiger partial charge in [0.15, 0.2) is 0 Å². The Morgan fingerprint density at radius 2 is 1.68 bits per heavy atom. The van der Waals surface area contributed by atoms with Crippen LogP contribution in [0.15, 0.2) is 20.7 Å². The van der Waals surface area contributed by atoms with Gasteiger partial charge in [-0.1, -0.05) is 27.7 Å². The third kappa shape index (κ3) is 5.33. The van der Waals surface area contributed by atoms with Gasteiger partial charge in [-0.05, 0) is 43.6 Å². The number of thiophene rings is 1. The van der Waals surface area contributed by atoms with Crippen molar-refractivity contribution in [2.75, 3.05) is 20.3 Å². The first-order valence-electron chi connectivity index (χ1n) is 10.2. The molecule has 0 aliphatic heterocycles. The van der Waals surface area contributed by atoms with Gasteiger partial charge in [0.2, 0.25) is 0 Å². The van der Waals surface area contributed by atoms with E-state index in [1.165, 1.54) is 11.3 Å². The number of nitrogens with zero attached hydrogens (tertiary/aromatic N) is 1. The van der Waals surface area contributed by atoms with Crippen molar-refractivity contribution in [3.05, 3.63) is 21.9 Å². The van der Waals surface area contributed by atoms with E-state index in [0.717, 1.165) is 32.1 Å². The Morgan fingerprint density at radius 1 is 1.04 bits per heavy atom. The molecule has 0 aliphatic carbocycles. The highest BCUT2D eigenvalue weighted by Crippen LogP contribution is 2.29. The maximum Gasteiger partial charge on any atom is 0.397 e. The summed E-state index contributed by atoms with van der Waals surface area (Å²) in [5, 5.41) is 2.31. The molecule has 0 N–H and O–H groups in total. The normalized spacial score (nSPS) is 12.6. The maximum atomic E-state index is 11.9. The highest BCUT2D eigenvalue weighted by Gasteiger charge is 2.30. The SMILES string of the molecule is CCC(CC)(CCOC(CC)(CC)CCOc1nc2sccc2c(=O)o1)OC. The third-order valence-corrected chi connectivity index (χ3v) is 6.80. The van der Waals surface area contributed by atoms with Gasteiger partial charge >= 0.3 is 11.7 Å². The van der Waals surface area contributed by atoms with Gasteiger partial charge in [0, 0.05) is 13.5 Å². The summed E-state index contributed by atoms with van der Waals surface area (Å²) in [6.07, 6.45) is 5.29. The molecule has 6 nitrogen and oxygen atoms in total. The molecular formula is C21H33NO5S. The number of hydrogen-bond donors (Lipinski definition) is 0. The summed E-state index contributed by atoms with van der Waals surface area (Å²) in [4.78, 5) is 16.8. The molecule has 0 aromatic carbocycles. The lowest BCUT2D eigenvalue weighted by atomic mass is 9.91. The molecule has 0 saturated carbocycles. The van der Waals surface area contributed by atoms with E-state index < -0.39 is 5.63 Å². The Morgan fingerprint density at radius 3 is 2.29 bits per heavy atom. The largest absolute Gasteiger partial charge is 0.450 e. The maximum absolute atomic E-state index is 11.9. The molecule has 0 spiro atoms. The number of hydrogen-bond acceptors (Lipinski definition) is 7. The number of methoxy groups -OCH3 is 1. The summed E-state index contributed by atoms with van der Waals surface area (Å²) in [7, 11) is 1.78. The lowest BCUT2D eigenvalue weighted by Gasteiger charge is -2.35. The van der Waals surface area contributed by atoms with Gasteiger partial charge in [-0.25, -0.2) is 4.79 Å². The Hall–Kier alpha value is -1.44. The summed E-state index contributed by atoms with van der Waals surface area (Å²) >= 11 is 1.40. The van der Waals surface area contributed by atoms with Crippen LogP contribution < -0.4 is 10.4 Å². The molecule has 2 heterocycles. The van der Waals surface area contributed by atoms with Crippen LogP contribution in [0.1, 0.15) is 66.2 Å². The predicted molar refractivity (Wildman–Crippen MR) is 112 cm³/mol. The molecule has 0 radical (unpaired) electrons. The second kappa shape index (κ2) is 10.4. The smallest absolute Gasteiger partial charge is 0.397 e. The molecule has 0 atom stereocenters. The van der Waals surface area contributed by atoms with Gasteiger partial charge in [-0.3, -0.25) is 0 Å². The topological polar surface area (TPSA) is 70.8 Å². The summed E-state index contributed by atoms with van der Waals surface area (Å²) < 4.78 is 22.9. The Bertz CT molecular complexity index is 768. The van der Waals surface area contributed by atoms with Crippen molar-refractivity contribution in [1.82, 2.24) is 4.98 Å². The average Bonchev–Trinajstić information content (AvgIpc) is 3.20. The fraction of sp³-hybridized carbons (Fsp3) is 0.714. The summed E-state index contributed by atoms with van der Waals surface area (Å²) in [6.45, 7) is 9.58. The van der Waals surface area contributed by atoms with Crippen LogP contribution in [-0.4, -0.2) is 36.5 Å². The van der Waals surface area contributed by atoms with Crippen LogP contribution in [0, 0.1) is 0 Å². The van der Waals surface area contributed by atoms with E-state index >= 15 is 0 Å². The minimum absolute atomic E-state index is 0.0245. The van der Waals surface area contributed by atoms with Crippen molar-refractivity contribution in [3.63, 3.8) is 0 Å². The van der Waals surface area contributed by atoms with Gasteiger partial charge < -0.3 is 18.6 Å². The van der Waals surface area contributed by atoms with Crippen molar-refractivity contribution in [3.8, 4) is 6.08 Å². The van der Waals surface area contributed by atoms with E-state index in [0.29, 0.717) is 29.9 Å². The summed E-state index contributed by atoms with van der Waals surface area (Å²) in [5.41, 5.74) is -0.800. The van der Waals surface area contributed by atoms with Crippen molar-refractivity contribution in [2.45, 2.75) is 77.4 Å². The second-order valence-electron chi connectivity index (χ2n) is 7.09. The van der Waals surface area contributed by atoms with E-state index in [-0.39, 0.29) is 17.3 Å². The van der Waals surface area contributed by atoms with Gasteiger partial charge in [0.05, 0.1) is 29.8 Å². The lowest BCUT2D eigenvalue weighted by molar-refractivity contribution is -0.0981. The van der Waals surface area contributed by atoms with E-state index in [2.05, 4.69) is 32.7 Å². The van der Waals surface area contributed by atoms with E-state index in [1.807, 2.05) is 5.38 Å². The van der Waals surface area contributed by atoms with E-state index in [4.69, 9.17) is 18.6 Å². The first-order chi connectivity index (χ1) is 13.5. The molecule has 28 heavy (non-hydrogen) atoms. The van der Waals surface area contributed by atoms with Crippen molar-refractivity contribution in [1.29, 1.82) is 0 Å². The van der Waals surface area contributed by atoms with Crippen molar-refractivity contribution < 1.29 is 18.6 Å². The summed E-state index contributed by atoms with van der Waals surface area (Å²) in [6, 6.07) is 1.71. The van der Waals surface area contributed by atoms with Gasteiger partial charge in [-0.15, -0.1) is 11.3 Å². The lowest BCUT2D eigenvalue weighted by Crippen LogP contribution is -2.37. The average molecular weight is 412 g/mol. The second-order valence-corrected chi connectivity index (χ2v) is 7.98. The van der Waals surface area contributed by atoms with Gasteiger partial charge in [-0.2, -0.15) is 4.98 Å². The molecular weight excluding hydrogens is 378 g/mol. The Kier molecular flexibility index (Phi) is 8.46. The van der Waals surface area contributed by atoms with Crippen molar-refractivity contribution >= 4 is 21.6 Å². The first-order valence-corrected chi connectivity index (χ1v) is 11.0. The minimum Gasteiger partial charge on any atom is -0.450 e. The van der Waals surface area contributed by atoms with Crippen LogP contribution in [0.3, 0.4) is 0 Å². The molecule has 0 bridgehead atoms. The molecule has 0 amide bonds. The van der Waals surface area contributed by atoms with Crippen LogP contribution in [-0.2, 0) is 9.47 Å². The molecule has 7 heteroatoms. The van der Waals surface area contributed by atoms with Gasteiger partial charge in [0.1, 0.15) is 4.83 Å². The summed E-state index contributed by atoms with van der Waals surface area (Å²) in [5.74, 6) is 0. The fourth-order valence-electron chi connectivity index (χ4n) is 3.50. The van der Waals surface area contributed by atoms with Crippen LogP contribution >= 0.6 is 11.3 Å². The highest BCUT2D eigenvalue weighted by molar-refractivity contribution is 7.16. The minimum atomic E-state index is -0.412. The number of aromatic nitrogens is 1. The van der Waals surface area contributed by atoms with Gasteiger partial charge in [0.25, 0.3) is 0 Å². The highest BCUT2D eigenvalue weighted by atomic mass is 32.1. The predicted octanol–water partition coefficient (Wildman–Crippen LogP) is 5.19. The zero-order valence-corrected chi connectivity index (χ0v) is 18.5. The van der Waals surface area contributed by atoms with Crippen LogP contribution in [0.4, 0.5) is 0 Å². The molecule has 2 aromatic rings. The number of rotatable bonds is 13. The molecule has 158 valence electrons. The van der Waals surface area contributed by atoms with Crippen LogP contribution in [0.5, 0.6) is 6.08 Å². The molecule has 0 fully saturated rings. The zero-order valence-electron chi connectivity index (χ0n) is 17.7. The molecule has 2 aromatic heterocycles. The van der Waals surface area contributed by atoms with Crippen molar-refractivity contribution in [2.24, 2.45) is 0 Å². The molecule has 0 aliphatic rings. The quantitative estimate of drug-likeness (QED) is 0.452. The molecule has 2 rings (SSSR count). The molecule has 0 saturated heterocycles.